The second-order valence-electron chi connectivity index (χ2n) is 6.98. The van der Waals surface area contributed by atoms with Crippen molar-refractivity contribution in [3.8, 4) is 11.4 Å². The zero-order valence-corrected chi connectivity index (χ0v) is 15.6. The molecule has 5 rings (SSSR count). The number of fused-ring (bicyclic) bond motifs is 1. The molecule has 1 aliphatic rings. The third kappa shape index (κ3) is 3.01. The van der Waals surface area contributed by atoms with Gasteiger partial charge >= 0.3 is 0 Å². The highest BCUT2D eigenvalue weighted by atomic mass is 16.5. The molecule has 8 nitrogen and oxygen atoms in total. The van der Waals surface area contributed by atoms with Gasteiger partial charge in [-0.05, 0) is 36.8 Å². The van der Waals surface area contributed by atoms with Crippen molar-refractivity contribution in [1.82, 2.24) is 29.9 Å². The van der Waals surface area contributed by atoms with Crippen LogP contribution in [-0.4, -0.2) is 55.7 Å². The lowest BCUT2D eigenvalue weighted by atomic mass is 10.2. The maximum absolute atomic E-state index is 5.57. The van der Waals surface area contributed by atoms with Gasteiger partial charge in [0.2, 0.25) is 0 Å². The van der Waals surface area contributed by atoms with Gasteiger partial charge in [0.1, 0.15) is 22.7 Å². The molecule has 1 saturated heterocycles. The minimum atomic E-state index is 0.290. The van der Waals surface area contributed by atoms with Gasteiger partial charge < -0.3 is 9.64 Å². The second-order valence-corrected chi connectivity index (χ2v) is 6.98. The first-order chi connectivity index (χ1) is 13.8. The molecule has 0 unspecified atom stereocenters. The van der Waals surface area contributed by atoms with Crippen molar-refractivity contribution in [2.24, 2.45) is 0 Å². The van der Waals surface area contributed by atoms with E-state index < -0.39 is 0 Å². The molecule has 0 spiro atoms. The number of hydrogen-bond acceptors (Lipinski definition) is 6. The number of aromatic amines is 1. The van der Waals surface area contributed by atoms with E-state index in [1.807, 2.05) is 29.1 Å². The van der Waals surface area contributed by atoms with Crippen molar-refractivity contribution in [3.63, 3.8) is 0 Å². The zero-order chi connectivity index (χ0) is 18.9. The molecule has 1 fully saturated rings. The summed E-state index contributed by atoms with van der Waals surface area (Å²) in [6, 6.07) is 10.4. The number of nitrogens with zero attached hydrogens (tertiary/aromatic N) is 6. The van der Waals surface area contributed by atoms with Crippen molar-refractivity contribution >= 4 is 16.9 Å². The molecule has 4 aromatic heterocycles. The number of morpholine rings is 1. The fraction of sp³-hybridized carbons (Fsp3) is 0.300. The van der Waals surface area contributed by atoms with Crippen LogP contribution >= 0.6 is 0 Å². The average molecular weight is 375 g/mol. The summed E-state index contributed by atoms with van der Waals surface area (Å²) in [4.78, 5) is 11.5. The van der Waals surface area contributed by atoms with Crippen LogP contribution in [-0.2, 0) is 11.3 Å². The summed E-state index contributed by atoms with van der Waals surface area (Å²) >= 11 is 0. The first-order valence-electron chi connectivity index (χ1n) is 9.40. The van der Waals surface area contributed by atoms with Gasteiger partial charge in [-0.1, -0.05) is 6.07 Å². The Morgan fingerprint density at radius 1 is 1.25 bits per heavy atom. The molecule has 1 aliphatic heterocycles. The van der Waals surface area contributed by atoms with Crippen molar-refractivity contribution in [2.45, 2.75) is 19.5 Å². The topological polar surface area (TPSA) is 84.8 Å². The van der Waals surface area contributed by atoms with Gasteiger partial charge in [0, 0.05) is 25.1 Å². The van der Waals surface area contributed by atoms with E-state index >= 15 is 0 Å². The van der Waals surface area contributed by atoms with E-state index in [0.717, 1.165) is 47.0 Å². The molecule has 28 heavy (non-hydrogen) atoms. The van der Waals surface area contributed by atoms with Gasteiger partial charge in [0.25, 0.3) is 0 Å². The number of aromatic nitrogens is 6. The van der Waals surface area contributed by atoms with Crippen molar-refractivity contribution in [1.29, 1.82) is 0 Å². The molecule has 142 valence electrons. The van der Waals surface area contributed by atoms with Crippen LogP contribution in [0.15, 0.2) is 48.9 Å². The average Bonchev–Trinajstić information content (AvgIpc) is 3.37. The predicted molar refractivity (Wildman–Crippen MR) is 106 cm³/mol. The quantitative estimate of drug-likeness (QED) is 0.590. The molecule has 0 amide bonds. The van der Waals surface area contributed by atoms with Crippen LogP contribution in [0.2, 0.25) is 0 Å². The second kappa shape index (κ2) is 7.05. The van der Waals surface area contributed by atoms with Gasteiger partial charge in [0.05, 0.1) is 31.3 Å². The minimum absolute atomic E-state index is 0.290. The maximum atomic E-state index is 5.57. The number of nitrogens with one attached hydrogen (secondary N) is 1. The lowest BCUT2D eigenvalue weighted by molar-refractivity contribution is 0.0986. The third-order valence-electron chi connectivity index (χ3n) is 5.04. The van der Waals surface area contributed by atoms with E-state index in [-0.39, 0.29) is 6.04 Å². The largest absolute Gasteiger partial charge is 0.377 e. The summed E-state index contributed by atoms with van der Waals surface area (Å²) < 4.78 is 7.54. The van der Waals surface area contributed by atoms with Gasteiger partial charge in [0.15, 0.2) is 0 Å². The van der Waals surface area contributed by atoms with Crippen LogP contribution in [0.5, 0.6) is 0 Å². The highest BCUT2D eigenvalue weighted by Crippen LogP contribution is 2.29. The Bertz CT molecular complexity index is 1070. The highest BCUT2D eigenvalue weighted by molar-refractivity contribution is 5.90. The van der Waals surface area contributed by atoms with Crippen LogP contribution in [0, 0.1) is 0 Å². The Labute approximate surface area is 162 Å². The van der Waals surface area contributed by atoms with Crippen LogP contribution in [0.3, 0.4) is 0 Å². The van der Waals surface area contributed by atoms with E-state index in [2.05, 4.69) is 39.1 Å². The van der Waals surface area contributed by atoms with Crippen molar-refractivity contribution < 1.29 is 4.74 Å². The molecular weight excluding hydrogens is 354 g/mol. The standard InChI is InChI=1S/C20H21N7O/c1-14-13-28-10-9-26(14)18-5-4-17-20(23-18)19(16-6-8-22-24-16)25-27(17)12-15-3-2-7-21-11-15/h2-8,11,14H,9-10,12-13H2,1H3,(H,22,24)/t14-/m1/s1. The lowest BCUT2D eigenvalue weighted by Gasteiger charge is -2.34. The molecule has 4 aromatic rings. The number of rotatable bonds is 4. The first-order valence-corrected chi connectivity index (χ1v) is 9.40. The Hall–Kier alpha value is -3.26. The number of pyridine rings is 2. The Balaban J connectivity index is 1.62. The zero-order valence-electron chi connectivity index (χ0n) is 15.6. The van der Waals surface area contributed by atoms with Crippen LogP contribution in [0.1, 0.15) is 12.5 Å². The lowest BCUT2D eigenvalue weighted by Crippen LogP contribution is -2.44. The predicted octanol–water partition coefficient (Wildman–Crippen LogP) is 2.49. The number of hydrogen-bond donors (Lipinski definition) is 1. The molecule has 8 heteroatoms. The summed E-state index contributed by atoms with van der Waals surface area (Å²) in [5, 5.41) is 12.0. The van der Waals surface area contributed by atoms with Gasteiger partial charge in [-0.2, -0.15) is 10.2 Å². The van der Waals surface area contributed by atoms with E-state index in [9.17, 15) is 0 Å². The van der Waals surface area contributed by atoms with Gasteiger partial charge in [-0.25, -0.2) is 4.98 Å². The number of H-pyrrole nitrogens is 1. The molecular formula is C20H21N7O. The molecule has 0 saturated carbocycles. The fourth-order valence-electron chi connectivity index (χ4n) is 3.62. The van der Waals surface area contributed by atoms with E-state index in [4.69, 9.17) is 14.8 Å². The van der Waals surface area contributed by atoms with Crippen molar-refractivity contribution in [2.75, 3.05) is 24.7 Å². The molecule has 1 atom stereocenters. The van der Waals surface area contributed by atoms with E-state index in [1.54, 1.807) is 12.4 Å². The fourth-order valence-corrected chi connectivity index (χ4v) is 3.62. The van der Waals surface area contributed by atoms with Crippen molar-refractivity contribution in [3.05, 3.63) is 54.5 Å². The van der Waals surface area contributed by atoms with Gasteiger partial charge in [-0.3, -0.25) is 14.8 Å². The van der Waals surface area contributed by atoms with E-state index in [0.29, 0.717) is 13.2 Å². The molecule has 0 aliphatic carbocycles. The summed E-state index contributed by atoms with van der Waals surface area (Å²) in [6.45, 7) is 5.05. The molecule has 0 aromatic carbocycles. The normalized spacial score (nSPS) is 17.3. The van der Waals surface area contributed by atoms with Gasteiger partial charge in [-0.15, -0.1) is 0 Å². The Morgan fingerprint density at radius 3 is 3.00 bits per heavy atom. The SMILES string of the molecule is C[C@@H]1COCCN1c1ccc2c(n1)c(-c1cc[nH]n1)nn2Cc1cccnc1. The summed E-state index contributed by atoms with van der Waals surface area (Å²) in [5.74, 6) is 0.945. The Kier molecular flexibility index (Phi) is 4.25. The molecule has 0 radical (unpaired) electrons. The highest BCUT2D eigenvalue weighted by Gasteiger charge is 2.22. The summed E-state index contributed by atoms with van der Waals surface area (Å²) in [7, 11) is 0. The number of ether oxygens (including phenoxy) is 1. The first kappa shape index (κ1) is 16.9. The maximum Gasteiger partial charge on any atom is 0.139 e. The molecule has 0 bridgehead atoms. The molecule has 5 heterocycles. The van der Waals surface area contributed by atoms with E-state index in [1.165, 1.54) is 0 Å². The third-order valence-corrected chi connectivity index (χ3v) is 5.04. The minimum Gasteiger partial charge on any atom is -0.377 e. The summed E-state index contributed by atoms with van der Waals surface area (Å²) in [5.41, 5.74) is 4.49. The monoisotopic (exact) mass is 375 g/mol. The van der Waals surface area contributed by atoms with Crippen LogP contribution < -0.4 is 4.90 Å². The summed E-state index contributed by atoms with van der Waals surface area (Å²) in [6.07, 6.45) is 5.44. The number of anilines is 1. The van der Waals surface area contributed by atoms with Crippen LogP contribution in [0.4, 0.5) is 5.82 Å². The Morgan fingerprint density at radius 2 is 2.21 bits per heavy atom. The molecule has 1 N–H and O–H groups in total. The smallest absolute Gasteiger partial charge is 0.139 e. The van der Waals surface area contributed by atoms with Crippen LogP contribution in [0.25, 0.3) is 22.4 Å².